The maximum atomic E-state index is 13.5. The smallest absolute Gasteiger partial charge is 0.244 e. The molecule has 3 nitrogen and oxygen atoms in total. The third-order valence-electron chi connectivity index (χ3n) is 2.32. The molecule has 0 radical (unpaired) electrons. The predicted molar refractivity (Wildman–Crippen MR) is 75.2 cm³/mol. The van der Waals surface area contributed by atoms with Gasteiger partial charge in [0.15, 0.2) is 0 Å². The van der Waals surface area contributed by atoms with Gasteiger partial charge in [-0.05, 0) is 23.6 Å². The number of hydrogen-bond donors (Lipinski definition) is 1. The molecule has 0 aliphatic heterocycles. The van der Waals surface area contributed by atoms with Crippen molar-refractivity contribution in [3.05, 3.63) is 57.0 Å². The Bertz CT molecular complexity index is 578. The van der Waals surface area contributed by atoms with Crippen LogP contribution in [0.5, 0.6) is 0 Å². The Morgan fingerprint density at radius 3 is 2.95 bits per heavy atom. The summed E-state index contributed by atoms with van der Waals surface area (Å²) < 4.78 is 13.5. The number of hydrogen-bond acceptors (Lipinski definition) is 3. The molecule has 0 spiro atoms. The highest BCUT2D eigenvalue weighted by Crippen LogP contribution is 2.19. The lowest BCUT2D eigenvalue weighted by molar-refractivity contribution is -0.120. The first-order chi connectivity index (χ1) is 9.16. The van der Waals surface area contributed by atoms with Crippen LogP contribution >= 0.6 is 22.9 Å². The number of rotatable bonds is 4. The van der Waals surface area contributed by atoms with E-state index in [4.69, 9.17) is 11.6 Å². The molecule has 1 N–H and O–H groups in total. The lowest BCUT2D eigenvalue weighted by Crippen LogP contribution is -2.20. The number of halogens is 2. The van der Waals surface area contributed by atoms with Crippen LogP contribution in [0.4, 0.5) is 4.39 Å². The summed E-state index contributed by atoms with van der Waals surface area (Å²) in [4.78, 5) is 12.5. The molecule has 1 aromatic carbocycles. The summed E-state index contributed by atoms with van der Waals surface area (Å²) in [7, 11) is 0. The zero-order valence-corrected chi connectivity index (χ0v) is 11.3. The van der Waals surface area contributed by atoms with Gasteiger partial charge in [-0.25, -0.2) is 9.82 Å². The Hall–Kier alpha value is -1.72. The maximum Gasteiger partial charge on any atom is 0.244 e. The first-order valence-corrected chi connectivity index (χ1v) is 6.71. The van der Waals surface area contributed by atoms with Gasteiger partial charge in [-0.15, -0.1) is 11.3 Å². The monoisotopic (exact) mass is 296 g/mol. The number of hydrazone groups is 1. The molecule has 0 fully saturated rings. The first kappa shape index (κ1) is 13.7. The van der Waals surface area contributed by atoms with Crippen molar-refractivity contribution in [2.75, 3.05) is 0 Å². The fourth-order valence-electron chi connectivity index (χ4n) is 1.43. The number of carbonyl (C=O) groups is 1. The molecular weight excluding hydrogens is 287 g/mol. The number of carbonyl (C=O) groups excluding carboxylic acids is 1. The van der Waals surface area contributed by atoms with E-state index in [1.54, 1.807) is 6.07 Å². The van der Waals surface area contributed by atoms with Crippen LogP contribution in [0.25, 0.3) is 0 Å². The molecule has 19 heavy (non-hydrogen) atoms. The summed E-state index contributed by atoms with van der Waals surface area (Å²) in [6.07, 6.45) is 1.39. The van der Waals surface area contributed by atoms with Gasteiger partial charge in [0.1, 0.15) is 5.82 Å². The predicted octanol–water partition coefficient (Wildman–Crippen LogP) is 3.23. The van der Waals surface area contributed by atoms with Crippen molar-refractivity contribution in [1.82, 2.24) is 5.43 Å². The molecule has 2 aromatic rings. The SMILES string of the molecule is O=C(Cc1c(F)cccc1Cl)N/N=C\c1cccs1. The van der Waals surface area contributed by atoms with Crippen molar-refractivity contribution < 1.29 is 9.18 Å². The summed E-state index contributed by atoms with van der Waals surface area (Å²) in [5, 5.41) is 5.93. The highest BCUT2D eigenvalue weighted by atomic mass is 35.5. The number of amides is 1. The van der Waals surface area contributed by atoms with Gasteiger partial charge in [0.2, 0.25) is 5.91 Å². The van der Waals surface area contributed by atoms with Gasteiger partial charge in [-0.1, -0.05) is 23.7 Å². The normalized spacial score (nSPS) is 10.8. The lowest BCUT2D eigenvalue weighted by Gasteiger charge is -2.04. The second kappa shape index (κ2) is 6.45. The van der Waals surface area contributed by atoms with E-state index in [0.29, 0.717) is 0 Å². The van der Waals surface area contributed by atoms with Crippen molar-refractivity contribution >= 4 is 35.1 Å². The Morgan fingerprint density at radius 2 is 2.26 bits per heavy atom. The quantitative estimate of drug-likeness (QED) is 0.683. The highest BCUT2D eigenvalue weighted by molar-refractivity contribution is 7.11. The summed E-state index contributed by atoms with van der Waals surface area (Å²) in [6.45, 7) is 0. The van der Waals surface area contributed by atoms with E-state index in [2.05, 4.69) is 10.5 Å². The van der Waals surface area contributed by atoms with Crippen LogP contribution in [0, 0.1) is 5.82 Å². The third kappa shape index (κ3) is 3.87. The van der Waals surface area contributed by atoms with Gasteiger partial charge in [0.25, 0.3) is 0 Å². The van der Waals surface area contributed by atoms with E-state index in [0.717, 1.165) is 4.88 Å². The molecule has 6 heteroatoms. The van der Waals surface area contributed by atoms with E-state index in [1.807, 2.05) is 17.5 Å². The fourth-order valence-corrected chi connectivity index (χ4v) is 2.25. The van der Waals surface area contributed by atoms with Gasteiger partial charge < -0.3 is 0 Å². The van der Waals surface area contributed by atoms with Gasteiger partial charge in [-0.3, -0.25) is 4.79 Å². The number of nitrogens with one attached hydrogen (secondary N) is 1. The van der Waals surface area contributed by atoms with E-state index in [-0.39, 0.29) is 17.0 Å². The Labute approximate surface area is 118 Å². The second-order valence-electron chi connectivity index (χ2n) is 3.69. The van der Waals surface area contributed by atoms with Crippen LogP contribution in [0.2, 0.25) is 5.02 Å². The van der Waals surface area contributed by atoms with Crippen LogP contribution in [0.15, 0.2) is 40.8 Å². The first-order valence-electron chi connectivity index (χ1n) is 5.45. The molecular formula is C13H10ClFN2OS. The van der Waals surface area contributed by atoms with Crippen molar-refractivity contribution in [2.24, 2.45) is 5.10 Å². The molecule has 0 bridgehead atoms. The fraction of sp³-hybridized carbons (Fsp3) is 0.0769. The van der Waals surface area contributed by atoms with Crippen LogP contribution in [-0.2, 0) is 11.2 Å². The minimum absolute atomic E-state index is 0.146. The Morgan fingerprint density at radius 1 is 1.42 bits per heavy atom. The molecule has 0 saturated heterocycles. The van der Waals surface area contributed by atoms with Gasteiger partial charge in [0.05, 0.1) is 12.6 Å². The van der Waals surface area contributed by atoms with Crippen molar-refractivity contribution in [2.45, 2.75) is 6.42 Å². The summed E-state index contributed by atoms with van der Waals surface area (Å²) >= 11 is 7.33. The molecule has 0 unspecified atom stereocenters. The van der Waals surface area contributed by atoms with Crippen LogP contribution in [0.1, 0.15) is 10.4 Å². The molecule has 1 amide bonds. The average Bonchev–Trinajstić information content (AvgIpc) is 2.87. The van der Waals surface area contributed by atoms with Crippen LogP contribution in [0.3, 0.4) is 0 Å². The van der Waals surface area contributed by atoms with Crippen LogP contribution < -0.4 is 5.43 Å². The number of nitrogens with zero attached hydrogens (tertiary/aromatic N) is 1. The third-order valence-corrected chi connectivity index (χ3v) is 3.48. The molecule has 2 rings (SSSR count). The van der Waals surface area contributed by atoms with Crippen molar-refractivity contribution in [3.8, 4) is 0 Å². The number of benzene rings is 1. The van der Waals surface area contributed by atoms with E-state index >= 15 is 0 Å². The molecule has 1 heterocycles. The van der Waals surface area contributed by atoms with Crippen LogP contribution in [-0.4, -0.2) is 12.1 Å². The van der Waals surface area contributed by atoms with Crippen molar-refractivity contribution in [3.63, 3.8) is 0 Å². The highest BCUT2D eigenvalue weighted by Gasteiger charge is 2.11. The molecule has 98 valence electrons. The molecule has 0 atom stereocenters. The topological polar surface area (TPSA) is 41.5 Å². The summed E-state index contributed by atoms with van der Waals surface area (Å²) in [5.41, 5.74) is 2.51. The maximum absolute atomic E-state index is 13.5. The van der Waals surface area contributed by atoms with E-state index < -0.39 is 11.7 Å². The molecule has 0 aliphatic rings. The average molecular weight is 297 g/mol. The molecule has 0 aliphatic carbocycles. The minimum atomic E-state index is -0.495. The summed E-state index contributed by atoms with van der Waals surface area (Å²) in [5.74, 6) is -0.912. The van der Waals surface area contributed by atoms with E-state index in [9.17, 15) is 9.18 Å². The van der Waals surface area contributed by atoms with Gasteiger partial charge >= 0.3 is 0 Å². The molecule has 1 aromatic heterocycles. The Balaban J connectivity index is 1.95. The zero-order chi connectivity index (χ0) is 13.7. The minimum Gasteiger partial charge on any atom is -0.273 e. The van der Waals surface area contributed by atoms with Gasteiger partial charge in [0, 0.05) is 15.5 Å². The summed E-state index contributed by atoms with van der Waals surface area (Å²) in [6, 6.07) is 8.06. The van der Waals surface area contributed by atoms with E-state index in [1.165, 1.54) is 29.7 Å². The second-order valence-corrected chi connectivity index (χ2v) is 5.07. The zero-order valence-electron chi connectivity index (χ0n) is 9.77. The lowest BCUT2D eigenvalue weighted by atomic mass is 10.1. The standard InChI is InChI=1S/C13H10ClFN2OS/c14-11-4-1-5-12(15)10(11)7-13(18)17-16-8-9-3-2-6-19-9/h1-6,8H,7H2,(H,17,18)/b16-8-. The largest absolute Gasteiger partial charge is 0.273 e. The molecule has 0 saturated carbocycles. The Kier molecular flexibility index (Phi) is 4.65. The van der Waals surface area contributed by atoms with Crippen molar-refractivity contribution in [1.29, 1.82) is 0 Å². The number of thiophene rings is 1. The van der Waals surface area contributed by atoms with Gasteiger partial charge in [-0.2, -0.15) is 5.10 Å².